The standard InChI is InChI=1S/C19H22N2O2.ClH/c22-19-17-9-3-4-10-18(17)23-13-12-20-14-16-7-2-1-6-15(16)8-5-11-21-19;/h1-4,6-7,9-10,20H,5,8,11-14H2,(H,21,22);1H. The molecule has 128 valence electrons. The van der Waals surface area contributed by atoms with Gasteiger partial charge in [-0.3, -0.25) is 4.79 Å². The maximum Gasteiger partial charge on any atom is 0.255 e. The third-order valence-corrected chi connectivity index (χ3v) is 4.01. The van der Waals surface area contributed by atoms with Crippen molar-refractivity contribution < 1.29 is 9.53 Å². The zero-order valence-electron chi connectivity index (χ0n) is 13.6. The molecule has 2 N–H and O–H groups in total. The maximum atomic E-state index is 12.3. The van der Waals surface area contributed by atoms with Crippen molar-refractivity contribution in [3.63, 3.8) is 0 Å². The monoisotopic (exact) mass is 346 g/mol. The largest absolute Gasteiger partial charge is 0.491 e. The van der Waals surface area contributed by atoms with Crippen LogP contribution < -0.4 is 15.4 Å². The lowest BCUT2D eigenvalue weighted by Crippen LogP contribution is -2.27. The number of carbonyl (C=O) groups is 1. The summed E-state index contributed by atoms with van der Waals surface area (Å²) in [5, 5.41) is 6.40. The highest BCUT2D eigenvalue weighted by molar-refractivity contribution is 5.96. The summed E-state index contributed by atoms with van der Waals surface area (Å²) >= 11 is 0. The first-order valence-corrected chi connectivity index (χ1v) is 8.12. The zero-order chi connectivity index (χ0) is 15.9. The molecule has 0 bridgehead atoms. The second kappa shape index (κ2) is 9.30. The van der Waals surface area contributed by atoms with E-state index >= 15 is 0 Å². The van der Waals surface area contributed by atoms with Crippen molar-refractivity contribution >= 4 is 18.3 Å². The number of aryl methyl sites for hydroxylation is 1. The van der Waals surface area contributed by atoms with Gasteiger partial charge in [0.05, 0.1) is 5.56 Å². The molecule has 5 heteroatoms. The molecule has 0 fully saturated rings. The highest BCUT2D eigenvalue weighted by atomic mass is 35.5. The summed E-state index contributed by atoms with van der Waals surface area (Å²) < 4.78 is 5.77. The SMILES string of the molecule is Cl.O=C1NCCCc2ccccc2CNCCOc2ccccc21. The van der Waals surface area contributed by atoms with Gasteiger partial charge in [0.25, 0.3) is 5.91 Å². The summed E-state index contributed by atoms with van der Waals surface area (Å²) in [7, 11) is 0. The van der Waals surface area contributed by atoms with Crippen LogP contribution in [0.4, 0.5) is 0 Å². The molecule has 0 aromatic heterocycles. The van der Waals surface area contributed by atoms with Gasteiger partial charge in [-0.05, 0) is 36.1 Å². The van der Waals surface area contributed by atoms with E-state index in [-0.39, 0.29) is 18.3 Å². The van der Waals surface area contributed by atoms with Crippen molar-refractivity contribution in [2.75, 3.05) is 19.7 Å². The molecule has 0 atom stereocenters. The summed E-state index contributed by atoms with van der Waals surface area (Å²) in [6.45, 7) is 2.78. The van der Waals surface area contributed by atoms with Crippen molar-refractivity contribution in [2.45, 2.75) is 19.4 Å². The number of ether oxygens (including phenoxy) is 1. The van der Waals surface area contributed by atoms with Crippen molar-refractivity contribution in [2.24, 2.45) is 0 Å². The lowest BCUT2D eigenvalue weighted by Gasteiger charge is -2.15. The molecule has 24 heavy (non-hydrogen) atoms. The minimum absolute atomic E-state index is 0. The third-order valence-electron chi connectivity index (χ3n) is 4.01. The van der Waals surface area contributed by atoms with Gasteiger partial charge in [-0.25, -0.2) is 0 Å². The van der Waals surface area contributed by atoms with Gasteiger partial charge in [-0.15, -0.1) is 12.4 Å². The minimum atomic E-state index is -0.0705. The van der Waals surface area contributed by atoms with E-state index in [4.69, 9.17) is 4.74 Å². The smallest absolute Gasteiger partial charge is 0.255 e. The fourth-order valence-corrected chi connectivity index (χ4v) is 2.79. The molecule has 0 unspecified atom stereocenters. The fourth-order valence-electron chi connectivity index (χ4n) is 2.79. The fraction of sp³-hybridized carbons (Fsp3) is 0.316. The molecule has 0 saturated heterocycles. The summed E-state index contributed by atoms with van der Waals surface area (Å²) in [6, 6.07) is 15.9. The number of amides is 1. The van der Waals surface area contributed by atoms with Crippen LogP contribution in [-0.4, -0.2) is 25.6 Å². The van der Waals surface area contributed by atoms with Crippen molar-refractivity contribution in [1.82, 2.24) is 10.6 Å². The maximum absolute atomic E-state index is 12.3. The second-order valence-electron chi connectivity index (χ2n) is 5.65. The molecule has 0 aliphatic carbocycles. The Morgan fingerprint density at radius 3 is 2.54 bits per heavy atom. The highest BCUT2D eigenvalue weighted by Crippen LogP contribution is 2.18. The van der Waals surface area contributed by atoms with Crippen LogP contribution in [0.5, 0.6) is 5.75 Å². The van der Waals surface area contributed by atoms with E-state index in [1.54, 1.807) is 6.07 Å². The van der Waals surface area contributed by atoms with Crippen LogP contribution in [0.25, 0.3) is 0 Å². The third kappa shape index (κ3) is 4.73. The number of para-hydroxylation sites is 1. The molecular weight excluding hydrogens is 324 g/mol. The first kappa shape index (κ1) is 18.3. The van der Waals surface area contributed by atoms with Gasteiger partial charge in [-0.2, -0.15) is 0 Å². The number of nitrogens with one attached hydrogen (secondary N) is 2. The summed E-state index contributed by atoms with van der Waals surface area (Å²) in [5.41, 5.74) is 3.26. The Bertz CT molecular complexity index is 676. The van der Waals surface area contributed by atoms with Crippen LogP contribution in [0.2, 0.25) is 0 Å². The van der Waals surface area contributed by atoms with Gasteiger partial charge in [0.15, 0.2) is 0 Å². The van der Waals surface area contributed by atoms with Crippen LogP contribution in [-0.2, 0) is 13.0 Å². The molecule has 0 spiro atoms. The van der Waals surface area contributed by atoms with E-state index in [2.05, 4.69) is 34.9 Å². The zero-order valence-corrected chi connectivity index (χ0v) is 14.4. The Labute approximate surface area is 149 Å². The average Bonchev–Trinajstić information content (AvgIpc) is 2.59. The molecule has 1 amide bonds. The molecular formula is C19H23ClN2O2. The number of rotatable bonds is 0. The van der Waals surface area contributed by atoms with E-state index in [0.717, 1.165) is 25.9 Å². The molecule has 3 rings (SSSR count). The van der Waals surface area contributed by atoms with Gasteiger partial charge in [0, 0.05) is 19.6 Å². The van der Waals surface area contributed by atoms with E-state index in [9.17, 15) is 4.79 Å². The molecule has 1 aliphatic heterocycles. The van der Waals surface area contributed by atoms with Crippen molar-refractivity contribution in [1.29, 1.82) is 0 Å². The number of hydrogen-bond donors (Lipinski definition) is 2. The average molecular weight is 347 g/mol. The van der Waals surface area contributed by atoms with Gasteiger partial charge in [0.2, 0.25) is 0 Å². The van der Waals surface area contributed by atoms with E-state index in [0.29, 0.717) is 24.5 Å². The van der Waals surface area contributed by atoms with Crippen LogP contribution in [0.15, 0.2) is 48.5 Å². The first-order valence-electron chi connectivity index (χ1n) is 8.12. The lowest BCUT2D eigenvalue weighted by molar-refractivity contribution is 0.0949. The number of benzene rings is 2. The van der Waals surface area contributed by atoms with E-state index < -0.39 is 0 Å². The molecule has 2 aromatic rings. The molecule has 1 aliphatic rings. The Balaban J connectivity index is 0.00000208. The second-order valence-corrected chi connectivity index (χ2v) is 5.65. The first-order chi connectivity index (χ1) is 11.3. The topological polar surface area (TPSA) is 50.4 Å². The molecule has 1 heterocycles. The number of carbonyl (C=O) groups excluding carboxylic acids is 1. The summed E-state index contributed by atoms with van der Waals surface area (Å²) in [5.74, 6) is 0.572. The molecule has 2 aromatic carbocycles. The highest BCUT2D eigenvalue weighted by Gasteiger charge is 2.12. The van der Waals surface area contributed by atoms with Gasteiger partial charge < -0.3 is 15.4 Å². The van der Waals surface area contributed by atoms with Crippen LogP contribution in [0.3, 0.4) is 0 Å². The normalized spacial score (nSPS) is 15.6. The Morgan fingerprint density at radius 1 is 0.917 bits per heavy atom. The number of fused-ring (bicyclic) bond motifs is 2. The number of hydrogen-bond acceptors (Lipinski definition) is 3. The Hall–Kier alpha value is -2.04. The van der Waals surface area contributed by atoms with Gasteiger partial charge in [0.1, 0.15) is 12.4 Å². The van der Waals surface area contributed by atoms with Crippen LogP contribution in [0.1, 0.15) is 27.9 Å². The van der Waals surface area contributed by atoms with Crippen LogP contribution in [0, 0.1) is 0 Å². The van der Waals surface area contributed by atoms with Gasteiger partial charge in [-0.1, -0.05) is 36.4 Å². The number of halogens is 1. The summed E-state index contributed by atoms with van der Waals surface area (Å²) in [4.78, 5) is 12.3. The van der Waals surface area contributed by atoms with Gasteiger partial charge >= 0.3 is 0 Å². The van der Waals surface area contributed by atoms with Crippen LogP contribution >= 0.6 is 12.4 Å². The molecule has 0 saturated carbocycles. The molecule has 4 nitrogen and oxygen atoms in total. The van der Waals surface area contributed by atoms with E-state index in [1.807, 2.05) is 18.2 Å². The molecule has 0 radical (unpaired) electrons. The Kier molecular flexibility index (Phi) is 7.09. The minimum Gasteiger partial charge on any atom is -0.491 e. The van der Waals surface area contributed by atoms with E-state index in [1.165, 1.54) is 11.1 Å². The van der Waals surface area contributed by atoms with Crippen molar-refractivity contribution in [3.05, 3.63) is 65.2 Å². The Morgan fingerprint density at radius 2 is 1.67 bits per heavy atom. The quantitative estimate of drug-likeness (QED) is 0.771. The predicted octanol–water partition coefficient (Wildman–Crippen LogP) is 2.95. The summed E-state index contributed by atoms with van der Waals surface area (Å²) in [6.07, 6.45) is 1.89. The predicted molar refractivity (Wildman–Crippen MR) is 98.0 cm³/mol. The van der Waals surface area contributed by atoms with Crippen molar-refractivity contribution in [3.8, 4) is 5.75 Å². The lowest BCUT2D eigenvalue weighted by atomic mass is 10.0.